The van der Waals surface area contributed by atoms with Crippen LogP contribution in [0, 0.1) is 0 Å². The molecule has 0 radical (unpaired) electrons. The largest absolute Gasteiger partial charge is 0.508 e. The lowest BCUT2D eigenvalue weighted by Gasteiger charge is -2.31. The van der Waals surface area contributed by atoms with Crippen molar-refractivity contribution >= 4 is 11.8 Å². The van der Waals surface area contributed by atoms with Crippen molar-refractivity contribution in [3.8, 4) is 5.75 Å². The van der Waals surface area contributed by atoms with Gasteiger partial charge in [0.1, 0.15) is 5.75 Å². The van der Waals surface area contributed by atoms with Crippen LogP contribution in [0.5, 0.6) is 5.75 Å². The molecule has 1 atom stereocenters. The van der Waals surface area contributed by atoms with Crippen molar-refractivity contribution in [2.75, 3.05) is 26.2 Å². The minimum atomic E-state index is -0.275. The van der Waals surface area contributed by atoms with E-state index >= 15 is 0 Å². The third kappa shape index (κ3) is 5.10. The minimum absolute atomic E-state index is 0.00668. The monoisotopic (exact) mass is 371 g/mol. The first-order chi connectivity index (χ1) is 12.8. The van der Waals surface area contributed by atoms with Crippen molar-refractivity contribution in [3.63, 3.8) is 0 Å². The molecule has 27 heavy (non-hydrogen) atoms. The summed E-state index contributed by atoms with van der Waals surface area (Å²) in [6.45, 7) is 6.70. The van der Waals surface area contributed by atoms with Crippen molar-refractivity contribution < 1.29 is 14.7 Å². The van der Waals surface area contributed by atoms with Gasteiger partial charge in [-0.1, -0.05) is 24.3 Å². The van der Waals surface area contributed by atoms with E-state index < -0.39 is 0 Å². The van der Waals surface area contributed by atoms with Gasteiger partial charge in [0.25, 0.3) is 0 Å². The number of phenols is 1. The van der Waals surface area contributed by atoms with Crippen molar-refractivity contribution in [1.29, 1.82) is 0 Å². The highest BCUT2D eigenvalue weighted by atomic mass is 16.3. The Morgan fingerprint density at radius 1 is 1.26 bits per heavy atom. The molecule has 0 bridgehead atoms. The van der Waals surface area contributed by atoms with E-state index in [4.69, 9.17) is 0 Å². The molecule has 0 aliphatic carbocycles. The zero-order valence-electron chi connectivity index (χ0n) is 16.1. The molecule has 0 aromatic heterocycles. The van der Waals surface area contributed by atoms with Crippen LogP contribution in [0.15, 0.2) is 36.4 Å². The van der Waals surface area contributed by atoms with E-state index in [0.29, 0.717) is 25.9 Å². The molecule has 1 aromatic rings. The number of likely N-dealkylation sites (tertiary alicyclic amines) is 1. The summed E-state index contributed by atoms with van der Waals surface area (Å²) in [4.78, 5) is 29.0. The molecule has 0 spiro atoms. The fraction of sp³-hybridized carbons (Fsp3) is 0.524. The highest BCUT2D eigenvalue weighted by Crippen LogP contribution is 2.29. The molecule has 146 valence electrons. The van der Waals surface area contributed by atoms with Crippen LogP contribution in [0.3, 0.4) is 0 Å². The number of nitrogens with one attached hydrogen (secondary N) is 1. The maximum absolute atomic E-state index is 12.8. The second kappa shape index (κ2) is 8.13. The molecule has 1 aromatic carbocycles. The molecular weight excluding hydrogens is 342 g/mol. The summed E-state index contributed by atoms with van der Waals surface area (Å²) in [5.41, 5.74) is 0.674. The van der Waals surface area contributed by atoms with Crippen LogP contribution >= 0.6 is 0 Å². The molecule has 2 heterocycles. The quantitative estimate of drug-likeness (QED) is 0.747. The number of phenolic OH excluding ortho intramolecular Hbond substituents is 1. The van der Waals surface area contributed by atoms with Crippen LogP contribution in [-0.4, -0.2) is 64.5 Å². The number of carbonyl (C=O) groups excluding carboxylic acids is 2. The molecule has 3 rings (SSSR count). The van der Waals surface area contributed by atoms with Gasteiger partial charge in [0, 0.05) is 37.6 Å². The van der Waals surface area contributed by atoms with Crippen LogP contribution in [0.2, 0.25) is 0 Å². The average molecular weight is 371 g/mol. The fourth-order valence-electron chi connectivity index (χ4n) is 4.01. The number of hydrogen-bond donors (Lipinski definition) is 2. The highest BCUT2D eigenvalue weighted by Gasteiger charge is 2.41. The molecule has 0 saturated carbocycles. The Bertz CT molecular complexity index is 721. The number of rotatable bonds is 6. The Hall–Kier alpha value is -2.34. The molecule has 2 aliphatic heterocycles. The van der Waals surface area contributed by atoms with E-state index in [9.17, 15) is 14.7 Å². The van der Waals surface area contributed by atoms with Crippen LogP contribution in [0.1, 0.15) is 32.3 Å². The molecule has 2 aliphatic rings. The third-order valence-electron chi connectivity index (χ3n) is 5.34. The zero-order valence-corrected chi connectivity index (χ0v) is 16.1. The number of nitrogens with zero attached hydrogens (tertiary/aromatic N) is 2. The predicted molar refractivity (Wildman–Crippen MR) is 104 cm³/mol. The van der Waals surface area contributed by atoms with Gasteiger partial charge in [0.2, 0.25) is 11.8 Å². The van der Waals surface area contributed by atoms with E-state index in [1.54, 1.807) is 18.2 Å². The number of amides is 2. The third-order valence-corrected chi connectivity index (χ3v) is 5.34. The predicted octanol–water partition coefficient (Wildman–Crippen LogP) is 1.69. The summed E-state index contributed by atoms with van der Waals surface area (Å²) in [5, 5.41) is 12.6. The maximum atomic E-state index is 12.8. The Morgan fingerprint density at radius 3 is 2.70 bits per heavy atom. The molecule has 2 N–H and O–H groups in total. The first-order valence-electron chi connectivity index (χ1n) is 9.58. The number of benzene rings is 1. The SMILES string of the molecule is CC1(C)CC(NC(=O)CN2CC=CC2)CN1C(=O)CCc1cccc(O)c1. The lowest BCUT2D eigenvalue weighted by Crippen LogP contribution is -2.44. The van der Waals surface area contributed by atoms with Gasteiger partial charge in [0.15, 0.2) is 0 Å². The van der Waals surface area contributed by atoms with Crippen LogP contribution < -0.4 is 5.32 Å². The smallest absolute Gasteiger partial charge is 0.234 e. The molecule has 2 amide bonds. The van der Waals surface area contributed by atoms with E-state index in [1.165, 1.54) is 0 Å². The van der Waals surface area contributed by atoms with Gasteiger partial charge < -0.3 is 15.3 Å². The number of aryl methyl sites for hydroxylation is 1. The molecule has 6 nitrogen and oxygen atoms in total. The van der Waals surface area contributed by atoms with Crippen molar-refractivity contribution in [3.05, 3.63) is 42.0 Å². The lowest BCUT2D eigenvalue weighted by atomic mass is 9.99. The topological polar surface area (TPSA) is 72.9 Å². The van der Waals surface area contributed by atoms with E-state index in [-0.39, 0.29) is 29.1 Å². The fourth-order valence-corrected chi connectivity index (χ4v) is 4.01. The Balaban J connectivity index is 1.51. The van der Waals surface area contributed by atoms with Gasteiger partial charge in [0.05, 0.1) is 6.54 Å². The van der Waals surface area contributed by atoms with Crippen LogP contribution in [-0.2, 0) is 16.0 Å². The maximum Gasteiger partial charge on any atom is 0.234 e. The number of aromatic hydroxyl groups is 1. The normalized spacial score (nSPS) is 21.6. The number of carbonyl (C=O) groups is 2. The van der Waals surface area contributed by atoms with Gasteiger partial charge >= 0.3 is 0 Å². The van der Waals surface area contributed by atoms with Crippen molar-refractivity contribution in [2.45, 2.75) is 44.7 Å². The summed E-state index contributed by atoms with van der Waals surface area (Å²) >= 11 is 0. The second-order valence-electron chi connectivity index (χ2n) is 8.12. The zero-order chi connectivity index (χ0) is 19.4. The van der Waals surface area contributed by atoms with Gasteiger partial charge in [-0.3, -0.25) is 14.5 Å². The average Bonchev–Trinajstić information content (AvgIpc) is 3.19. The number of hydrogen-bond acceptors (Lipinski definition) is 4. The van der Waals surface area contributed by atoms with E-state index in [0.717, 1.165) is 25.1 Å². The molecule has 1 fully saturated rings. The van der Waals surface area contributed by atoms with Gasteiger partial charge in [-0.2, -0.15) is 0 Å². The van der Waals surface area contributed by atoms with Crippen LogP contribution in [0.4, 0.5) is 0 Å². The lowest BCUT2D eigenvalue weighted by molar-refractivity contribution is -0.134. The summed E-state index contributed by atoms with van der Waals surface area (Å²) in [6.07, 6.45) is 5.89. The van der Waals surface area contributed by atoms with Gasteiger partial charge in [-0.25, -0.2) is 0 Å². The first kappa shape index (κ1) is 19.4. The Kier molecular flexibility index (Phi) is 5.85. The standard InChI is InChI=1S/C21H29N3O3/c1-21(2)13-17(22-19(26)15-23-10-3-4-11-23)14-24(21)20(27)9-8-16-6-5-7-18(25)12-16/h3-7,12,17,25H,8-11,13-15H2,1-2H3,(H,22,26). The van der Waals surface area contributed by atoms with Gasteiger partial charge in [-0.05, 0) is 44.4 Å². The Morgan fingerprint density at radius 2 is 2.00 bits per heavy atom. The summed E-state index contributed by atoms with van der Waals surface area (Å²) in [6, 6.07) is 7.01. The Labute approximate surface area is 160 Å². The second-order valence-corrected chi connectivity index (χ2v) is 8.12. The van der Waals surface area contributed by atoms with Crippen molar-refractivity contribution in [1.82, 2.24) is 15.1 Å². The molecule has 1 saturated heterocycles. The van der Waals surface area contributed by atoms with E-state index in [1.807, 2.05) is 11.0 Å². The highest BCUT2D eigenvalue weighted by molar-refractivity contribution is 5.80. The molecule has 1 unspecified atom stereocenters. The first-order valence-corrected chi connectivity index (χ1v) is 9.58. The summed E-state index contributed by atoms with van der Waals surface area (Å²) < 4.78 is 0. The molecule has 6 heteroatoms. The summed E-state index contributed by atoms with van der Waals surface area (Å²) in [7, 11) is 0. The van der Waals surface area contributed by atoms with E-state index in [2.05, 4.69) is 36.2 Å². The van der Waals surface area contributed by atoms with Gasteiger partial charge in [-0.15, -0.1) is 0 Å². The van der Waals surface area contributed by atoms with Crippen LogP contribution in [0.25, 0.3) is 0 Å². The minimum Gasteiger partial charge on any atom is -0.508 e. The summed E-state index contributed by atoms with van der Waals surface area (Å²) in [5.74, 6) is 0.329. The molecular formula is C21H29N3O3. The van der Waals surface area contributed by atoms with Crippen molar-refractivity contribution in [2.24, 2.45) is 0 Å².